The van der Waals surface area contributed by atoms with E-state index in [1.54, 1.807) is 11.8 Å². The summed E-state index contributed by atoms with van der Waals surface area (Å²) in [5.41, 5.74) is 2.02. The Morgan fingerprint density at radius 2 is 1.60 bits per heavy atom. The van der Waals surface area contributed by atoms with Gasteiger partial charge in [-0.3, -0.25) is 4.90 Å². The van der Waals surface area contributed by atoms with Crippen LogP contribution in [0.2, 0.25) is 0 Å². The van der Waals surface area contributed by atoms with E-state index in [-0.39, 0.29) is 0 Å². The quantitative estimate of drug-likeness (QED) is 0.605. The van der Waals surface area contributed by atoms with Crippen molar-refractivity contribution in [1.29, 1.82) is 0 Å². The van der Waals surface area contributed by atoms with Crippen LogP contribution in [0.3, 0.4) is 0 Å². The lowest BCUT2D eigenvalue weighted by Crippen LogP contribution is -2.33. The van der Waals surface area contributed by atoms with Gasteiger partial charge in [-0.05, 0) is 49.7 Å². The van der Waals surface area contributed by atoms with Crippen LogP contribution < -0.4 is 4.74 Å². The highest BCUT2D eigenvalue weighted by atomic mass is 32.2. The van der Waals surface area contributed by atoms with Crippen molar-refractivity contribution in [2.24, 2.45) is 0 Å². The number of benzene rings is 3. The highest BCUT2D eigenvalue weighted by Gasteiger charge is 2.39. The zero-order chi connectivity index (χ0) is 20.4. The molecule has 154 valence electrons. The van der Waals surface area contributed by atoms with Crippen LogP contribution in [0, 0.1) is 0 Å². The second kappa shape index (κ2) is 8.46. The third-order valence-corrected chi connectivity index (χ3v) is 7.26. The average Bonchev–Trinajstić information content (AvgIpc) is 3.28. The lowest BCUT2D eigenvalue weighted by atomic mass is 9.81. The smallest absolute Gasteiger partial charge is 0.121 e. The van der Waals surface area contributed by atoms with Crippen LogP contribution >= 0.6 is 11.8 Å². The molecule has 0 bridgehead atoms. The van der Waals surface area contributed by atoms with E-state index in [0.29, 0.717) is 13.0 Å². The first-order valence-corrected chi connectivity index (χ1v) is 11.6. The van der Waals surface area contributed by atoms with Gasteiger partial charge < -0.3 is 9.84 Å². The van der Waals surface area contributed by atoms with Gasteiger partial charge in [0.15, 0.2) is 0 Å². The largest absolute Gasteiger partial charge is 0.492 e. The Balaban J connectivity index is 1.43. The topological polar surface area (TPSA) is 32.7 Å². The molecule has 0 amide bonds. The van der Waals surface area contributed by atoms with Crippen LogP contribution in [0.5, 0.6) is 5.75 Å². The zero-order valence-electron chi connectivity index (χ0n) is 17.1. The van der Waals surface area contributed by atoms with Crippen molar-refractivity contribution < 1.29 is 9.84 Å². The summed E-state index contributed by atoms with van der Waals surface area (Å²) in [5.74, 6) is 0.877. The van der Waals surface area contributed by atoms with E-state index in [1.165, 1.54) is 25.9 Å². The molecule has 1 atom stereocenters. The second-order valence-corrected chi connectivity index (χ2v) is 9.26. The number of ether oxygens (including phenoxy) is 1. The first-order chi connectivity index (χ1) is 14.7. The second-order valence-electron chi connectivity index (χ2n) is 8.18. The molecular weight excluding hydrogens is 390 g/mol. The highest BCUT2D eigenvalue weighted by Crippen LogP contribution is 2.50. The molecule has 0 aromatic heterocycles. The molecule has 5 rings (SSSR count). The number of nitrogens with zero attached hydrogens (tertiary/aromatic N) is 1. The highest BCUT2D eigenvalue weighted by molar-refractivity contribution is 7.99. The summed E-state index contributed by atoms with van der Waals surface area (Å²) in [6.45, 7) is 4.05. The maximum absolute atomic E-state index is 12.0. The Morgan fingerprint density at radius 3 is 2.43 bits per heavy atom. The summed E-state index contributed by atoms with van der Waals surface area (Å²) >= 11 is 1.72. The molecule has 0 saturated carbocycles. The molecule has 1 unspecified atom stereocenters. The van der Waals surface area contributed by atoms with Gasteiger partial charge in [-0.1, -0.05) is 66.4 Å². The third-order valence-electron chi connectivity index (χ3n) is 6.13. The number of rotatable bonds is 6. The van der Waals surface area contributed by atoms with E-state index >= 15 is 0 Å². The predicted octanol–water partition coefficient (Wildman–Crippen LogP) is 5.10. The maximum Gasteiger partial charge on any atom is 0.121 e. The molecule has 1 saturated heterocycles. The summed E-state index contributed by atoms with van der Waals surface area (Å²) in [5, 5.41) is 12.0. The van der Waals surface area contributed by atoms with Crippen LogP contribution in [0.1, 0.15) is 29.5 Å². The van der Waals surface area contributed by atoms with Crippen molar-refractivity contribution in [2.45, 2.75) is 34.7 Å². The molecule has 2 aliphatic rings. The van der Waals surface area contributed by atoms with Gasteiger partial charge in [0.2, 0.25) is 0 Å². The van der Waals surface area contributed by atoms with Crippen LogP contribution in [0.4, 0.5) is 0 Å². The Labute approximate surface area is 182 Å². The summed E-state index contributed by atoms with van der Waals surface area (Å²) in [6.07, 6.45) is 3.15. The fraction of sp³-hybridized carbons (Fsp3) is 0.308. The zero-order valence-corrected chi connectivity index (χ0v) is 17.9. The normalized spacial score (nSPS) is 20.6. The van der Waals surface area contributed by atoms with Gasteiger partial charge in [-0.2, -0.15) is 0 Å². The molecule has 3 aromatic carbocycles. The lowest BCUT2D eigenvalue weighted by molar-refractivity contribution is 0.0742. The Morgan fingerprint density at radius 1 is 0.867 bits per heavy atom. The van der Waals surface area contributed by atoms with Crippen LogP contribution in [-0.2, 0) is 12.0 Å². The molecule has 0 radical (unpaired) electrons. The molecule has 2 heterocycles. The van der Waals surface area contributed by atoms with Gasteiger partial charge in [0.25, 0.3) is 0 Å². The number of likely N-dealkylation sites (tertiary alicyclic amines) is 1. The van der Waals surface area contributed by atoms with E-state index in [2.05, 4.69) is 35.2 Å². The first-order valence-electron chi connectivity index (χ1n) is 10.8. The van der Waals surface area contributed by atoms with Crippen LogP contribution in [0.25, 0.3) is 0 Å². The fourth-order valence-corrected chi connectivity index (χ4v) is 5.81. The van der Waals surface area contributed by atoms with E-state index in [4.69, 9.17) is 4.74 Å². The summed E-state index contributed by atoms with van der Waals surface area (Å²) in [7, 11) is 0. The maximum atomic E-state index is 12.0. The van der Waals surface area contributed by atoms with E-state index in [9.17, 15) is 5.11 Å². The number of hydrogen-bond acceptors (Lipinski definition) is 4. The minimum atomic E-state index is -1.05. The van der Waals surface area contributed by atoms with Gasteiger partial charge in [-0.15, -0.1) is 0 Å². The summed E-state index contributed by atoms with van der Waals surface area (Å²) in [4.78, 5) is 4.64. The number of aliphatic hydroxyl groups is 1. The van der Waals surface area contributed by atoms with E-state index in [1.807, 2.05) is 42.5 Å². The molecule has 30 heavy (non-hydrogen) atoms. The number of hydrogen-bond donors (Lipinski definition) is 1. The molecule has 1 fully saturated rings. The summed E-state index contributed by atoms with van der Waals surface area (Å²) in [6, 6.07) is 24.6. The minimum Gasteiger partial charge on any atom is -0.492 e. The van der Waals surface area contributed by atoms with Crippen molar-refractivity contribution in [3.63, 3.8) is 0 Å². The molecule has 0 spiro atoms. The van der Waals surface area contributed by atoms with Crippen molar-refractivity contribution in [1.82, 2.24) is 4.90 Å². The molecule has 0 aliphatic carbocycles. The monoisotopic (exact) mass is 417 g/mol. The molecule has 4 heteroatoms. The molecule has 3 aromatic rings. The van der Waals surface area contributed by atoms with Crippen molar-refractivity contribution in [3.8, 4) is 5.75 Å². The fourth-order valence-electron chi connectivity index (χ4n) is 4.56. The van der Waals surface area contributed by atoms with Gasteiger partial charge >= 0.3 is 0 Å². The van der Waals surface area contributed by atoms with Crippen molar-refractivity contribution >= 4 is 11.8 Å². The van der Waals surface area contributed by atoms with Gasteiger partial charge in [0.05, 0.1) is 0 Å². The van der Waals surface area contributed by atoms with Gasteiger partial charge in [-0.25, -0.2) is 0 Å². The Bertz CT molecular complexity index is 1020. The average molecular weight is 418 g/mol. The minimum absolute atomic E-state index is 0.549. The first kappa shape index (κ1) is 19.7. The van der Waals surface area contributed by atoms with Gasteiger partial charge in [0.1, 0.15) is 18.0 Å². The summed E-state index contributed by atoms with van der Waals surface area (Å²) < 4.78 is 6.07. The Kier molecular flexibility index (Phi) is 5.55. The van der Waals surface area contributed by atoms with Crippen molar-refractivity contribution in [3.05, 3.63) is 89.5 Å². The van der Waals surface area contributed by atoms with Crippen LogP contribution in [-0.4, -0.2) is 36.2 Å². The molecule has 3 nitrogen and oxygen atoms in total. The van der Waals surface area contributed by atoms with E-state index in [0.717, 1.165) is 38.8 Å². The predicted molar refractivity (Wildman–Crippen MR) is 121 cm³/mol. The van der Waals surface area contributed by atoms with Crippen LogP contribution in [0.15, 0.2) is 82.6 Å². The standard InChI is InChI=1S/C26H27NO2S/c28-26(19-20-8-2-1-3-9-20)22-10-4-5-11-24(22)30-25-18-21(12-13-23(25)26)29-17-16-27-14-6-7-15-27/h1-5,8-13,18,28H,6-7,14-17,19H2. The molecular formula is C26H27NO2S. The molecule has 1 N–H and O–H groups in total. The Hall–Kier alpha value is -2.27. The van der Waals surface area contributed by atoms with Crippen molar-refractivity contribution in [2.75, 3.05) is 26.2 Å². The number of fused-ring (bicyclic) bond motifs is 2. The SMILES string of the molecule is OC1(Cc2ccccc2)c2ccccc2Sc2cc(OCCN3CCCC3)ccc21. The van der Waals surface area contributed by atoms with E-state index < -0.39 is 5.60 Å². The molecule has 2 aliphatic heterocycles. The van der Waals surface area contributed by atoms with Gasteiger partial charge in [0, 0.05) is 33.9 Å². The lowest BCUT2D eigenvalue weighted by Gasteiger charge is -2.36. The third kappa shape index (κ3) is 3.87.